The smallest absolute Gasteiger partial charge is 0.123 e. The molecular weight excluding hydrogens is 335 g/mol. The van der Waals surface area contributed by atoms with Gasteiger partial charge in [-0.3, -0.25) is 0 Å². The standard InChI is InChI=1S/C24H25FN2/c1-5-12-27-23-11-6-18(14-22(23)17(2)15-24(27,3)4)13-20(16-26)19-7-9-21(25)10-8-19/h6-11,13-15H,5,12H2,1-4H3/b20-13+. The number of halogens is 1. The average Bonchev–Trinajstić information content (AvgIpc) is 2.64. The lowest BCUT2D eigenvalue weighted by Crippen LogP contribution is -2.45. The quantitative estimate of drug-likeness (QED) is 0.472. The zero-order valence-electron chi connectivity index (χ0n) is 16.4. The maximum atomic E-state index is 13.2. The van der Waals surface area contributed by atoms with E-state index in [0.717, 1.165) is 24.1 Å². The summed E-state index contributed by atoms with van der Waals surface area (Å²) in [4.78, 5) is 2.44. The van der Waals surface area contributed by atoms with E-state index >= 15 is 0 Å². The van der Waals surface area contributed by atoms with Crippen LogP contribution in [0, 0.1) is 17.1 Å². The van der Waals surface area contributed by atoms with Gasteiger partial charge in [-0.05, 0) is 74.2 Å². The van der Waals surface area contributed by atoms with Crippen LogP contribution in [0.25, 0.3) is 17.2 Å². The Kier molecular flexibility index (Phi) is 5.19. The van der Waals surface area contributed by atoms with Crippen molar-refractivity contribution >= 4 is 22.9 Å². The number of rotatable bonds is 4. The molecule has 1 aliphatic heterocycles. The zero-order valence-corrected chi connectivity index (χ0v) is 16.4. The number of nitrogens with zero attached hydrogens (tertiary/aromatic N) is 2. The van der Waals surface area contributed by atoms with Crippen molar-refractivity contribution in [3.05, 3.63) is 71.0 Å². The number of hydrogen-bond donors (Lipinski definition) is 0. The van der Waals surface area contributed by atoms with E-state index in [0.29, 0.717) is 5.57 Å². The van der Waals surface area contributed by atoms with Gasteiger partial charge in [-0.25, -0.2) is 4.39 Å². The van der Waals surface area contributed by atoms with Crippen molar-refractivity contribution in [3.63, 3.8) is 0 Å². The van der Waals surface area contributed by atoms with Crippen molar-refractivity contribution < 1.29 is 4.39 Å². The Labute approximate surface area is 161 Å². The van der Waals surface area contributed by atoms with Gasteiger partial charge in [-0.2, -0.15) is 5.26 Å². The molecular formula is C24H25FN2. The van der Waals surface area contributed by atoms with Crippen molar-refractivity contribution in [2.75, 3.05) is 11.4 Å². The van der Waals surface area contributed by atoms with Gasteiger partial charge in [0, 0.05) is 17.8 Å². The SMILES string of the molecule is CCCN1c2ccc(/C=C(\C#N)c3ccc(F)cc3)cc2C(C)=CC1(C)C. The maximum absolute atomic E-state index is 13.2. The lowest BCUT2D eigenvalue weighted by molar-refractivity contribution is 0.550. The zero-order chi connectivity index (χ0) is 19.6. The van der Waals surface area contributed by atoms with Gasteiger partial charge in [0.15, 0.2) is 0 Å². The largest absolute Gasteiger partial charge is 0.362 e. The van der Waals surface area contributed by atoms with Crippen LogP contribution in [-0.4, -0.2) is 12.1 Å². The average molecular weight is 360 g/mol. The van der Waals surface area contributed by atoms with Crippen molar-refractivity contribution in [1.29, 1.82) is 5.26 Å². The van der Waals surface area contributed by atoms with Crippen LogP contribution in [0.15, 0.2) is 48.5 Å². The molecule has 3 rings (SSSR count). The van der Waals surface area contributed by atoms with E-state index in [4.69, 9.17) is 0 Å². The van der Waals surface area contributed by atoms with Crippen LogP contribution in [0.3, 0.4) is 0 Å². The number of hydrogen-bond acceptors (Lipinski definition) is 2. The van der Waals surface area contributed by atoms with Gasteiger partial charge in [0.2, 0.25) is 0 Å². The summed E-state index contributed by atoms with van der Waals surface area (Å²) in [6.45, 7) is 9.82. The molecule has 0 bridgehead atoms. The van der Waals surface area contributed by atoms with Crippen LogP contribution < -0.4 is 4.90 Å². The third kappa shape index (κ3) is 3.80. The highest BCUT2D eigenvalue weighted by molar-refractivity contribution is 5.91. The van der Waals surface area contributed by atoms with E-state index in [1.807, 2.05) is 6.08 Å². The molecule has 0 saturated heterocycles. The predicted octanol–water partition coefficient (Wildman–Crippen LogP) is 6.30. The van der Waals surface area contributed by atoms with E-state index in [1.54, 1.807) is 12.1 Å². The number of benzene rings is 2. The van der Waals surface area contributed by atoms with Crippen LogP contribution in [-0.2, 0) is 0 Å². The first-order chi connectivity index (χ1) is 12.9. The van der Waals surface area contributed by atoms with Gasteiger partial charge < -0.3 is 4.90 Å². The highest BCUT2D eigenvalue weighted by Gasteiger charge is 2.30. The van der Waals surface area contributed by atoms with E-state index < -0.39 is 0 Å². The highest BCUT2D eigenvalue weighted by atomic mass is 19.1. The Morgan fingerprint density at radius 2 is 1.89 bits per heavy atom. The molecule has 0 radical (unpaired) electrons. The molecule has 3 heteroatoms. The fourth-order valence-corrected chi connectivity index (χ4v) is 3.80. The third-order valence-electron chi connectivity index (χ3n) is 5.04. The van der Waals surface area contributed by atoms with Crippen LogP contribution in [0.4, 0.5) is 10.1 Å². The molecule has 0 fully saturated rings. The Bertz CT molecular complexity index is 943. The summed E-state index contributed by atoms with van der Waals surface area (Å²) in [6.07, 6.45) is 5.26. The van der Waals surface area contributed by atoms with Gasteiger partial charge in [0.25, 0.3) is 0 Å². The minimum absolute atomic E-state index is 0.0175. The first-order valence-electron chi connectivity index (χ1n) is 9.35. The second kappa shape index (κ2) is 7.40. The van der Waals surface area contributed by atoms with Crippen LogP contribution in [0.2, 0.25) is 0 Å². The Hall–Kier alpha value is -2.86. The first kappa shape index (κ1) is 18.9. The van der Waals surface area contributed by atoms with Gasteiger partial charge >= 0.3 is 0 Å². The number of allylic oxidation sites excluding steroid dienone is 2. The molecule has 0 amide bonds. The van der Waals surface area contributed by atoms with Gasteiger partial charge in [0.1, 0.15) is 5.82 Å². The van der Waals surface area contributed by atoms with Crippen LogP contribution in [0.5, 0.6) is 0 Å². The number of anilines is 1. The molecule has 0 unspecified atom stereocenters. The molecule has 138 valence electrons. The molecule has 1 heterocycles. The van der Waals surface area contributed by atoms with E-state index in [1.165, 1.54) is 29.0 Å². The summed E-state index contributed by atoms with van der Waals surface area (Å²) in [5.74, 6) is -0.302. The van der Waals surface area contributed by atoms with E-state index in [-0.39, 0.29) is 11.4 Å². The van der Waals surface area contributed by atoms with Gasteiger partial charge in [-0.15, -0.1) is 0 Å². The summed E-state index contributed by atoms with van der Waals surface area (Å²) in [5.41, 5.74) is 5.88. The molecule has 2 aromatic rings. The topological polar surface area (TPSA) is 27.0 Å². The molecule has 2 nitrogen and oxygen atoms in total. The third-order valence-corrected chi connectivity index (χ3v) is 5.04. The van der Waals surface area contributed by atoms with Gasteiger partial charge in [-0.1, -0.05) is 31.2 Å². The second-order valence-corrected chi connectivity index (χ2v) is 7.59. The molecule has 1 aliphatic rings. The minimum Gasteiger partial charge on any atom is -0.362 e. The summed E-state index contributed by atoms with van der Waals surface area (Å²) in [6, 6.07) is 14.6. The summed E-state index contributed by atoms with van der Waals surface area (Å²) < 4.78 is 13.2. The van der Waals surface area contributed by atoms with E-state index in [2.05, 4.69) is 62.9 Å². The Balaban J connectivity index is 2.04. The Morgan fingerprint density at radius 1 is 1.19 bits per heavy atom. The Morgan fingerprint density at radius 3 is 2.52 bits per heavy atom. The molecule has 0 aromatic heterocycles. The molecule has 0 spiro atoms. The molecule has 2 aromatic carbocycles. The van der Waals surface area contributed by atoms with Crippen molar-refractivity contribution in [2.45, 2.75) is 39.7 Å². The normalized spacial score (nSPS) is 15.8. The highest BCUT2D eigenvalue weighted by Crippen LogP contribution is 2.39. The van der Waals surface area contributed by atoms with Gasteiger partial charge in [0.05, 0.1) is 17.2 Å². The molecule has 27 heavy (non-hydrogen) atoms. The predicted molar refractivity (Wildman–Crippen MR) is 112 cm³/mol. The summed E-state index contributed by atoms with van der Waals surface area (Å²) >= 11 is 0. The molecule has 0 atom stereocenters. The fraction of sp³-hybridized carbons (Fsp3) is 0.292. The molecule has 0 N–H and O–H groups in total. The van der Waals surface area contributed by atoms with Crippen molar-refractivity contribution in [3.8, 4) is 6.07 Å². The molecule has 0 aliphatic carbocycles. The second-order valence-electron chi connectivity index (χ2n) is 7.59. The summed E-state index contributed by atoms with van der Waals surface area (Å²) in [5, 5.41) is 9.55. The maximum Gasteiger partial charge on any atom is 0.123 e. The lowest BCUT2D eigenvalue weighted by atomic mass is 9.87. The summed E-state index contributed by atoms with van der Waals surface area (Å²) in [7, 11) is 0. The molecule has 0 saturated carbocycles. The minimum atomic E-state index is -0.302. The van der Waals surface area contributed by atoms with Crippen LogP contribution >= 0.6 is 0 Å². The van der Waals surface area contributed by atoms with E-state index in [9.17, 15) is 9.65 Å². The number of nitriles is 1. The first-order valence-corrected chi connectivity index (χ1v) is 9.35. The lowest BCUT2D eigenvalue weighted by Gasteiger charge is -2.43. The van der Waals surface area contributed by atoms with Crippen molar-refractivity contribution in [1.82, 2.24) is 0 Å². The van der Waals surface area contributed by atoms with Crippen molar-refractivity contribution in [2.24, 2.45) is 0 Å². The van der Waals surface area contributed by atoms with Crippen LogP contribution in [0.1, 0.15) is 50.8 Å². The number of fused-ring (bicyclic) bond motifs is 1. The monoisotopic (exact) mass is 360 g/mol. The fourth-order valence-electron chi connectivity index (χ4n) is 3.80.